The summed E-state index contributed by atoms with van der Waals surface area (Å²) in [5.74, 6) is 0.546. The van der Waals surface area contributed by atoms with Crippen LogP contribution in [0.3, 0.4) is 0 Å². The highest BCUT2D eigenvalue weighted by Gasteiger charge is 2.27. The van der Waals surface area contributed by atoms with E-state index in [0.29, 0.717) is 5.75 Å². The van der Waals surface area contributed by atoms with Gasteiger partial charge in [-0.1, -0.05) is 12.1 Å². The van der Waals surface area contributed by atoms with Crippen molar-refractivity contribution in [3.05, 3.63) is 65.2 Å². The minimum Gasteiger partial charge on any atom is -0.497 e. The fraction of sp³-hybridized carbons (Fsp3) is 0.0625. The molecule has 1 heterocycles. The lowest BCUT2D eigenvalue weighted by Crippen LogP contribution is -1.98. The standard InChI is InChI=1S/C16H11FO3/c1-19-12-5-2-10(3-6-12)8-15-16(18)13-9-11(17)4-7-14(13)20-15/h2-9H,1H3/b15-8+. The smallest absolute Gasteiger partial charge is 0.232 e. The Morgan fingerprint density at radius 2 is 1.90 bits per heavy atom. The van der Waals surface area contributed by atoms with Crippen LogP contribution in [-0.2, 0) is 0 Å². The molecule has 1 aliphatic heterocycles. The van der Waals surface area contributed by atoms with Crippen molar-refractivity contribution in [3.63, 3.8) is 0 Å². The largest absolute Gasteiger partial charge is 0.497 e. The quantitative estimate of drug-likeness (QED) is 0.784. The van der Waals surface area contributed by atoms with Crippen LogP contribution in [0.2, 0.25) is 0 Å². The topological polar surface area (TPSA) is 35.5 Å². The number of ether oxygens (including phenoxy) is 2. The van der Waals surface area contributed by atoms with Gasteiger partial charge in [-0.25, -0.2) is 4.39 Å². The molecule has 0 aromatic heterocycles. The maximum atomic E-state index is 13.1. The Balaban J connectivity index is 1.92. The van der Waals surface area contributed by atoms with E-state index >= 15 is 0 Å². The first-order valence-electron chi connectivity index (χ1n) is 6.05. The van der Waals surface area contributed by atoms with E-state index in [-0.39, 0.29) is 17.1 Å². The van der Waals surface area contributed by atoms with Gasteiger partial charge in [0.15, 0.2) is 5.76 Å². The number of methoxy groups -OCH3 is 1. The molecule has 0 bridgehead atoms. The van der Waals surface area contributed by atoms with E-state index in [4.69, 9.17) is 9.47 Å². The molecule has 3 nitrogen and oxygen atoms in total. The monoisotopic (exact) mass is 270 g/mol. The summed E-state index contributed by atoms with van der Waals surface area (Å²) in [4.78, 5) is 12.1. The zero-order valence-corrected chi connectivity index (χ0v) is 10.7. The molecule has 2 aromatic rings. The molecule has 3 rings (SSSR count). The summed E-state index contributed by atoms with van der Waals surface area (Å²) >= 11 is 0. The van der Waals surface area contributed by atoms with Crippen LogP contribution in [0.1, 0.15) is 15.9 Å². The fourth-order valence-electron chi connectivity index (χ4n) is 2.01. The van der Waals surface area contributed by atoms with Crippen molar-refractivity contribution in [2.24, 2.45) is 0 Å². The van der Waals surface area contributed by atoms with E-state index in [9.17, 15) is 9.18 Å². The molecular formula is C16H11FO3. The van der Waals surface area contributed by atoms with Crippen LogP contribution in [0.5, 0.6) is 11.5 Å². The maximum absolute atomic E-state index is 13.1. The van der Waals surface area contributed by atoms with Crippen molar-refractivity contribution in [1.29, 1.82) is 0 Å². The van der Waals surface area contributed by atoms with Crippen LogP contribution >= 0.6 is 0 Å². The molecule has 0 aliphatic carbocycles. The first-order valence-corrected chi connectivity index (χ1v) is 6.05. The van der Waals surface area contributed by atoms with Gasteiger partial charge in [-0.2, -0.15) is 0 Å². The van der Waals surface area contributed by atoms with Crippen LogP contribution in [-0.4, -0.2) is 12.9 Å². The van der Waals surface area contributed by atoms with Crippen LogP contribution in [0.4, 0.5) is 4.39 Å². The number of hydrogen-bond donors (Lipinski definition) is 0. The van der Waals surface area contributed by atoms with Crippen LogP contribution in [0.25, 0.3) is 6.08 Å². The average Bonchev–Trinajstić information content (AvgIpc) is 2.76. The van der Waals surface area contributed by atoms with Gasteiger partial charge in [0.05, 0.1) is 12.7 Å². The second-order valence-corrected chi connectivity index (χ2v) is 4.35. The highest BCUT2D eigenvalue weighted by atomic mass is 19.1. The Kier molecular flexibility index (Phi) is 2.99. The SMILES string of the molecule is COc1ccc(/C=C2/Oc3ccc(F)cc3C2=O)cc1. The van der Waals surface area contributed by atoms with Crippen molar-refractivity contribution >= 4 is 11.9 Å². The molecule has 0 unspecified atom stereocenters. The Hall–Kier alpha value is -2.62. The Morgan fingerprint density at radius 3 is 2.60 bits per heavy atom. The van der Waals surface area contributed by atoms with E-state index in [1.165, 1.54) is 18.2 Å². The minimum absolute atomic E-state index is 0.191. The number of allylic oxidation sites excluding steroid dienone is 1. The number of fused-ring (bicyclic) bond motifs is 1. The van der Waals surface area contributed by atoms with Crippen molar-refractivity contribution in [1.82, 2.24) is 0 Å². The summed E-state index contributed by atoms with van der Waals surface area (Å²) in [5, 5.41) is 0. The van der Waals surface area contributed by atoms with Gasteiger partial charge in [0.1, 0.15) is 17.3 Å². The van der Waals surface area contributed by atoms with Gasteiger partial charge in [-0.05, 0) is 42.0 Å². The third kappa shape index (κ3) is 2.16. The van der Waals surface area contributed by atoms with Gasteiger partial charge < -0.3 is 9.47 Å². The number of halogens is 1. The Morgan fingerprint density at radius 1 is 1.15 bits per heavy atom. The number of carbonyl (C=O) groups is 1. The second-order valence-electron chi connectivity index (χ2n) is 4.35. The Labute approximate surface area is 115 Å². The van der Waals surface area contributed by atoms with Crippen LogP contribution in [0.15, 0.2) is 48.2 Å². The van der Waals surface area contributed by atoms with E-state index in [1.54, 1.807) is 25.3 Å². The van der Waals surface area contributed by atoms with Gasteiger partial charge in [-0.3, -0.25) is 4.79 Å². The molecule has 4 heteroatoms. The summed E-state index contributed by atoms with van der Waals surface area (Å²) < 4.78 is 23.6. The van der Waals surface area contributed by atoms with Gasteiger partial charge in [-0.15, -0.1) is 0 Å². The number of hydrogen-bond acceptors (Lipinski definition) is 3. The maximum Gasteiger partial charge on any atom is 0.232 e. The van der Waals surface area contributed by atoms with E-state index in [2.05, 4.69) is 0 Å². The molecule has 0 atom stereocenters. The average molecular weight is 270 g/mol. The predicted octanol–water partition coefficient (Wildman–Crippen LogP) is 3.45. The lowest BCUT2D eigenvalue weighted by atomic mass is 10.1. The summed E-state index contributed by atoms with van der Waals surface area (Å²) in [6, 6.07) is 11.1. The molecule has 20 heavy (non-hydrogen) atoms. The Bertz CT molecular complexity index is 702. The number of benzene rings is 2. The number of rotatable bonds is 2. The third-order valence-corrected chi connectivity index (χ3v) is 3.04. The highest BCUT2D eigenvalue weighted by Crippen LogP contribution is 2.32. The van der Waals surface area contributed by atoms with Gasteiger partial charge in [0.2, 0.25) is 5.78 Å². The highest BCUT2D eigenvalue weighted by molar-refractivity contribution is 6.14. The third-order valence-electron chi connectivity index (χ3n) is 3.04. The molecule has 0 amide bonds. The minimum atomic E-state index is -0.452. The first kappa shape index (κ1) is 12.4. The second kappa shape index (κ2) is 4.81. The van der Waals surface area contributed by atoms with Crippen LogP contribution in [0, 0.1) is 5.82 Å². The number of Topliss-reactive ketones (excluding diaryl/α,β-unsaturated/α-hetero) is 1. The molecule has 2 aromatic carbocycles. The fourth-order valence-corrected chi connectivity index (χ4v) is 2.01. The van der Waals surface area contributed by atoms with Crippen molar-refractivity contribution in [2.45, 2.75) is 0 Å². The summed E-state index contributed by atoms with van der Waals surface area (Å²) in [5.41, 5.74) is 1.06. The normalized spacial score (nSPS) is 15.1. The zero-order valence-electron chi connectivity index (χ0n) is 10.7. The van der Waals surface area contributed by atoms with E-state index in [1.807, 2.05) is 12.1 Å². The predicted molar refractivity (Wildman–Crippen MR) is 72.3 cm³/mol. The summed E-state index contributed by atoms with van der Waals surface area (Å²) in [7, 11) is 1.59. The van der Waals surface area contributed by atoms with Crippen molar-refractivity contribution < 1.29 is 18.7 Å². The van der Waals surface area contributed by atoms with Crippen molar-refractivity contribution in [3.8, 4) is 11.5 Å². The molecule has 0 fully saturated rings. The van der Waals surface area contributed by atoms with Gasteiger partial charge in [0.25, 0.3) is 0 Å². The molecule has 0 spiro atoms. The summed E-state index contributed by atoms with van der Waals surface area (Å²) in [6.45, 7) is 0. The van der Waals surface area contributed by atoms with E-state index < -0.39 is 5.82 Å². The molecule has 0 radical (unpaired) electrons. The lowest BCUT2D eigenvalue weighted by molar-refractivity contribution is 0.101. The lowest BCUT2D eigenvalue weighted by Gasteiger charge is -2.00. The van der Waals surface area contributed by atoms with Crippen LogP contribution < -0.4 is 9.47 Å². The first-order chi connectivity index (χ1) is 9.67. The molecule has 100 valence electrons. The number of ketones is 1. The molecule has 0 saturated heterocycles. The van der Waals surface area contributed by atoms with Crippen molar-refractivity contribution in [2.75, 3.05) is 7.11 Å². The summed E-state index contributed by atoms with van der Waals surface area (Å²) in [6.07, 6.45) is 1.62. The molecule has 0 saturated carbocycles. The number of carbonyl (C=O) groups excluding carboxylic acids is 1. The molecular weight excluding hydrogens is 259 g/mol. The zero-order chi connectivity index (χ0) is 14.1. The van der Waals surface area contributed by atoms with E-state index in [0.717, 1.165) is 11.3 Å². The van der Waals surface area contributed by atoms with Gasteiger partial charge in [0, 0.05) is 0 Å². The molecule has 0 N–H and O–H groups in total. The molecule has 1 aliphatic rings. The van der Waals surface area contributed by atoms with Gasteiger partial charge >= 0.3 is 0 Å².